The Bertz CT molecular complexity index is 356. The van der Waals surface area contributed by atoms with Crippen LogP contribution in [0, 0.1) is 11.8 Å². The highest BCUT2D eigenvalue weighted by Gasteiger charge is 2.17. The second-order valence-electron chi connectivity index (χ2n) is 6.36. The first-order valence-corrected chi connectivity index (χ1v) is 8.13. The van der Waals surface area contributed by atoms with Gasteiger partial charge in [0.15, 0.2) is 0 Å². The SMILES string of the molecule is CCCn1ccc(CNCCC2CCCC(C)C2)c1. The Hall–Kier alpha value is -0.760. The lowest BCUT2D eigenvalue weighted by Crippen LogP contribution is -2.21. The normalized spacial score (nSPS) is 23.7. The van der Waals surface area contributed by atoms with E-state index in [2.05, 4.69) is 42.2 Å². The average molecular weight is 262 g/mol. The molecule has 1 aliphatic rings. The van der Waals surface area contributed by atoms with Gasteiger partial charge in [-0.05, 0) is 49.3 Å². The fourth-order valence-corrected chi connectivity index (χ4v) is 3.35. The molecular formula is C17H30N2. The molecule has 0 saturated heterocycles. The summed E-state index contributed by atoms with van der Waals surface area (Å²) in [4.78, 5) is 0. The second kappa shape index (κ2) is 7.74. The highest BCUT2D eigenvalue weighted by Crippen LogP contribution is 2.30. The quantitative estimate of drug-likeness (QED) is 0.729. The monoisotopic (exact) mass is 262 g/mol. The van der Waals surface area contributed by atoms with Crippen molar-refractivity contribution in [2.75, 3.05) is 6.54 Å². The molecule has 2 rings (SSSR count). The van der Waals surface area contributed by atoms with Crippen LogP contribution in [0.15, 0.2) is 18.5 Å². The molecule has 2 heteroatoms. The van der Waals surface area contributed by atoms with Gasteiger partial charge in [-0.25, -0.2) is 0 Å². The highest BCUT2D eigenvalue weighted by molar-refractivity contribution is 5.09. The van der Waals surface area contributed by atoms with Crippen LogP contribution in [-0.2, 0) is 13.1 Å². The van der Waals surface area contributed by atoms with Gasteiger partial charge in [-0.1, -0.05) is 33.1 Å². The van der Waals surface area contributed by atoms with E-state index in [0.717, 1.165) is 24.9 Å². The molecule has 1 aromatic heterocycles. The van der Waals surface area contributed by atoms with Crippen molar-refractivity contribution >= 4 is 0 Å². The van der Waals surface area contributed by atoms with Gasteiger partial charge in [0, 0.05) is 25.5 Å². The van der Waals surface area contributed by atoms with Crippen molar-refractivity contribution in [1.82, 2.24) is 9.88 Å². The zero-order chi connectivity index (χ0) is 13.5. The van der Waals surface area contributed by atoms with E-state index in [9.17, 15) is 0 Å². The third kappa shape index (κ3) is 5.02. The molecule has 0 bridgehead atoms. The van der Waals surface area contributed by atoms with Crippen LogP contribution in [0.2, 0.25) is 0 Å². The van der Waals surface area contributed by atoms with E-state index in [4.69, 9.17) is 0 Å². The topological polar surface area (TPSA) is 17.0 Å². The molecule has 19 heavy (non-hydrogen) atoms. The maximum Gasteiger partial charge on any atom is 0.0220 e. The van der Waals surface area contributed by atoms with Crippen LogP contribution in [0.3, 0.4) is 0 Å². The van der Waals surface area contributed by atoms with Crippen LogP contribution in [0.25, 0.3) is 0 Å². The van der Waals surface area contributed by atoms with E-state index >= 15 is 0 Å². The van der Waals surface area contributed by atoms with Gasteiger partial charge in [-0.3, -0.25) is 0 Å². The van der Waals surface area contributed by atoms with Crippen LogP contribution in [-0.4, -0.2) is 11.1 Å². The smallest absolute Gasteiger partial charge is 0.0220 e. The molecule has 1 heterocycles. The lowest BCUT2D eigenvalue weighted by molar-refractivity contribution is 0.267. The lowest BCUT2D eigenvalue weighted by atomic mass is 9.81. The minimum absolute atomic E-state index is 0.960. The van der Waals surface area contributed by atoms with Crippen molar-refractivity contribution in [2.45, 2.75) is 65.5 Å². The summed E-state index contributed by atoms with van der Waals surface area (Å²) in [6.45, 7) is 7.98. The summed E-state index contributed by atoms with van der Waals surface area (Å²) in [6.07, 6.45) is 12.9. The van der Waals surface area contributed by atoms with Crippen molar-refractivity contribution in [2.24, 2.45) is 11.8 Å². The molecule has 1 saturated carbocycles. The summed E-state index contributed by atoms with van der Waals surface area (Å²) in [6, 6.07) is 2.24. The number of nitrogens with one attached hydrogen (secondary N) is 1. The molecule has 2 nitrogen and oxygen atoms in total. The van der Waals surface area contributed by atoms with Gasteiger partial charge < -0.3 is 9.88 Å². The molecule has 1 fully saturated rings. The van der Waals surface area contributed by atoms with Gasteiger partial charge in [0.2, 0.25) is 0 Å². The zero-order valence-corrected chi connectivity index (χ0v) is 12.7. The first kappa shape index (κ1) is 14.6. The van der Waals surface area contributed by atoms with Crippen molar-refractivity contribution in [3.8, 4) is 0 Å². The van der Waals surface area contributed by atoms with Crippen molar-refractivity contribution in [1.29, 1.82) is 0 Å². The standard InChI is InChI=1S/C17H30N2/c1-3-10-19-11-8-17(14-19)13-18-9-7-16-6-4-5-15(2)12-16/h8,11,14-16,18H,3-7,9-10,12-13H2,1-2H3. The maximum atomic E-state index is 3.61. The van der Waals surface area contributed by atoms with Crippen LogP contribution in [0.5, 0.6) is 0 Å². The Morgan fingerprint density at radius 3 is 3.05 bits per heavy atom. The van der Waals surface area contributed by atoms with Gasteiger partial charge in [-0.2, -0.15) is 0 Å². The van der Waals surface area contributed by atoms with Crippen molar-refractivity contribution < 1.29 is 0 Å². The van der Waals surface area contributed by atoms with Crippen LogP contribution in [0.1, 0.15) is 57.9 Å². The van der Waals surface area contributed by atoms with Gasteiger partial charge in [0.05, 0.1) is 0 Å². The van der Waals surface area contributed by atoms with Crippen LogP contribution >= 0.6 is 0 Å². The summed E-state index contributed by atoms with van der Waals surface area (Å²) in [7, 11) is 0. The summed E-state index contributed by atoms with van der Waals surface area (Å²) < 4.78 is 2.29. The lowest BCUT2D eigenvalue weighted by Gasteiger charge is -2.26. The minimum atomic E-state index is 0.960. The Morgan fingerprint density at radius 1 is 1.37 bits per heavy atom. The number of nitrogens with zero attached hydrogens (tertiary/aromatic N) is 1. The van der Waals surface area contributed by atoms with E-state index < -0.39 is 0 Å². The first-order chi connectivity index (χ1) is 9.28. The van der Waals surface area contributed by atoms with E-state index in [1.54, 1.807) is 0 Å². The second-order valence-corrected chi connectivity index (χ2v) is 6.36. The molecule has 2 atom stereocenters. The fraction of sp³-hybridized carbons (Fsp3) is 0.765. The summed E-state index contributed by atoms with van der Waals surface area (Å²) in [5, 5.41) is 3.61. The highest BCUT2D eigenvalue weighted by atomic mass is 14.9. The predicted octanol–water partition coefficient (Wildman–Crippen LogP) is 4.20. The molecule has 0 spiro atoms. The van der Waals surface area contributed by atoms with Crippen molar-refractivity contribution in [3.05, 3.63) is 24.0 Å². The largest absolute Gasteiger partial charge is 0.354 e. The number of rotatable bonds is 7. The summed E-state index contributed by atoms with van der Waals surface area (Å²) in [5.41, 5.74) is 1.42. The molecule has 0 radical (unpaired) electrons. The number of hydrogen-bond acceptors (Lipinski definition) is 1. The predicted molar refractivity (Wildman–Crippen MR) is 82.2 cm³/mol. The van der Waals surface area contributed by atoms with Gasteiger partial charge in [0.25, 0.3) is 0 Å². The fourth-order valence-electron chi connectivity index (χ4n) is 3.35. The van der Waals surface area contributed by atoms with E-state index in [0.29, 0.717) is 0 Å². The molecule has 0 aliphatic heterocycles. The van der Waals surface area contributed by atoms with E-state index in [1.807, 2.05) is 0 Å². The molecular weight excluding hydrogens is 232 g/mol. The number of aryl methyl sites for hydroxylation is 1. The van der Waals surface area contributed by atoms with Crippen LogP contribution < -0.4 is 5.32 Å². The van der Waals surface area contributed by atoms with E-state index in [-0.39, 0.29) is 0 Å². The molecule has 108 valence electrons. The average Bonchev–Trinajstić information content (AvgIpc) is 2.83. The van der Waals surface area contributed by atoms with Crippen molar-refractivity contribution in [3.63, 3.8) is 0 Å². The first-order valence-electron chi connectivity index (χ1n) is 8.13. The Kier molecular flexibility index (Phi) is 5.96. The number of aromatic nitrogens is 1. The maximum absolute atomic E-state index is 3.61. The Balaban J connectivity index is 1.60. The molecule has 1 aromatic rings. The Morgan fingerprint density at radius 2 is 2.26 bits per heavy atom. The molecule has 2 unspecified atom stereocenters. The minimum Gasteiger partial charge on any atom is -0.354 e. The summed E-state index contributed by atoms with van der Waals surface area (Å²) in [5.74, 6) is 1.93. The third-order valence-electron chi connectivity index (χ3n) is 4.40. The zero-order valence-electron chi connectivity index (χ0n) is 12.7. The number of hydrogen-bond donors (Lipinski definition) is 1. The van der Waals surface area contributed by atoms with E-state index in [1.165, 1.54) is 50.6 Å². The Labute approximate surface area is 118 Å². The third-order valence-corrected chi connectivity index (χ3v) is 4.40. The van der Waals surface area contributed by atoms with Gasteiger partial charge >= 0.3 is 0 Å². The summed E-state index contributed by atoms with van der Waals surface area (Å²) >= 11 is 0. The molecule has 1 N–H and O–H groups in total. The van der Waals surface area contributed by atoms with Crippen LogP contribution in [0.4, 0.5) is 0 Å². The molecule has 0 amide bonds. The van der Waals surface area contributed by atoms with Gasteiger partial charge in [-0.15, -0.1) is 0 Å². The van der Waals surface area contributed by atoms with Gasteiger partial charge in [0.1, 0.15) is 0 Å². The molecule has 0 aromatic carbocycles. The molecule has 1 aliphatic carbocycles.